The average Bonchev–Trinajstić information content (AvgIpc) is 2.98. The molecule has 0 aromatic heterocycles. The second-order valence-corrected chi connectivity index (χ2v) is 9.43. The van der Waals surface area contributed by atoms with Gasteiger partial charge in [-0.25, -0.2) is 13.6 Å². The molecule has 2 aromatic carbocycles. The number of amides is 2. The molecule has 0 bridgehead atoms. The van der Waals surface area contributed by atoms with E-state index in [1.165, 1.54) is 18.2 Å². The SMILES string of the molecule is CC(C(=O)Nc1cccc(S(N)(=O)=O)c1)N1CCCN(C(=O)c2cccc(Cl)c2)CC1. The summed E-state index contributed by atoms with van der Waals surface area (Å²) in [5, 5.41) is 8.41. The van der Waals surface area contributed by atoms with E-state index >= 15 is 0 Å². The zero-order valence-electron chi connectivity index (χ0n) is 17.1. The lowest BCUT2D eigenvalue weighted by atomic mass is 10.2. The molecule has 1 unspecified atom stereocenters. The molecule has 0 saturated carbocycles. The molecular weight excluding hydrogens is 440 g/mol. The third-order valence-corrected chi connectivity index (χ3v) is 6.39. The van der Waals surface area contributed by atoms with Crippen LogP contribution < -0.4 is 10.5 Å². The Morgan fingerprint density at radius 2 is 1.81 bits per heavy atom. The zero-order valence-corrected chi connectivity index (χ0v) is 18.7. The molecule has 2 amide bonds. The number of carbonyl (C=O) groups excluding carboxylic acids is 2. The number of primary sulfonamides is 1. The van der Waals surface area contributed by atoms with Crippen molar-refractivity contribution >= 4 is 39.1 Å². The van der Waals surface area contributed by atoms with Crippen molar-refractivity contribution in [3.8, 4) is 0 Å². The number of nitrogens with zero attached hydrogens (tertiary/aromatic N) is 2. The number of benzene rings is 2. The summed E-state index contributed by atoms with van der Waals surface area (Å²) >= 11 is 6.00. The van der Waals surface area contributed by atoms with E-state index in [2.05, 4.69) is 5.32 Å². The molecule has 0 spiro atoms. The van der Waals surface area contributed by atoms with E-state index in [1.54, 1.807) is 42.2 Å². The van der Waals surface area contributed by atoms with Crippen LogP contribution in [0.15, 0.2) is 53.4 Å². The van der Waals surface area contributed by atoms with Crippen LogP contribution in [0.4, 0.5) is 5.69 Å². The van der Waals surface area contributed by atoms with E-state index in [9.17, 15) is 18.0 Å². The third kappa shape index (κ3) is 6.04. The fourth-order valence-corrected chi connectivity index (χ4v) is 4.25. The van der Waals surface area contributed by atoms with Gasteiger partial charge in [-0.2, -0.15) is 0 Å². The Morgan fingerprint density at radius 3 is 2.52 bits per heavy atom. The monoisotopic (exact) mass is 464 g/mol. The van der Waals surface area contributed by atoms with Crippen LogP contribution in [0.2, 0.25) is 5.02 Å². The first-order chi connectivity index (χ1) is 14.6. The second-order valence-electron chi connectivity index (χ2n) is 7.43. The summed E-state index contributed by atoms with van der Waals surface area (Å²) in [7, 11) is -3.85. The standard InChI is InChI=1S/C21H25ClN4O4S/c1-15(20(27)24-18-7-3-8-19(14-18)31(23,29)30)25-9-4-10-26(12-11-25)21(28)16-5-2-6-17(22)13-16/h2-3,5-8,13-15H,4,9-12H2,1H3,(H,24,27)(H2,23,29,30). The Labute approximate surface area is 187 Å². The van der Waals surface area contributed by atoms with Gasteiger partial charge < -0.3 is 10.2 Å². The Balaban J connectivity index is 1.62. The van der Waals surface area contributed by atoms with Gasteiger partial charge in [-0.3, -0.25) is 14.5 Å². The van der Waals surface area contributed by atoms with Crippen molar-refractivity contribution in [1.82, 2.24) is 9.80 Å². The molecule has 1 atom stereocenters. The number of sulfonamides is 1. The number of rotatable bonds is 5. The van der Waals surface area contributed by atoms with E-state index in [0.29, 0.717) is 42.5 Å². The van der Waals surface area contributed by atoms with Gasteiger partial charge >= 0.3 is 0 Å². The first-order valence-electron chi connectivity index (χ1n) is 9.88. The lowest BCUT2D eigenvalue weighted by molar-refractivity contribution is -0.120. The fraction of sp³-hybridized carbons (Fsp3) is 0.333. The minimum Gasteiger partial charge on any atom is -0.337 e. The van der Waals surface area contributed by atoms with Crippen molar-refractivity contribution in [1.29, 1.82) is 0 Å². The summed E-state index contributed by atoms with van der Waals surface area (Å²) in [5.41, 5.74) is 0.900. The molecule has 166 valence electrons. The van der Waals surface area contributed by atoms with Crippen molar-refractivity contribution in [2.24, 2.45) is 5.14 Å². The predicted molar refractivity (Wildman–Crippen MR) is 119 cm³/mol. The largest absolute Gasteiger partial charge is 0.337 e. The maximum absolute atomic E-state index is 12.8. The highest BCUT2D eigenvalue weighted by molar-refractivity contribution is 7.89. The molecule has 1 saturated heterocycles. The van der Waals surface area contributed by atoms with Crippen LogP contribution >= 0.6 is 11.6 Å². The lowest BCUT2D eigenvalue weighted by Crippen LogP contribution is -2.44. The number of anilines is 1. The normalized spacial score (nSPS) is 16.4. The first-order valence-corrected chi connectivity index (χ1v) is 11.8. The van der Waals surface area contributed by atoms with E-state index < -0.39 is 16.1 Å². The maximum atomic E-state index is 12.8. The van der Waals surface area contributed by atoms with Gasteiger partial charge in [-0.15, -0.1) is 0 Å². The Morgan fingerprint density at radius 1 is 1.06 bits per heavy atom. The Bertz CT molecular complexity index is 1080. The van der Waals surface area contributed by atoms with Crippen LogP contribution in [0, 0.1) is 0 Å². The summed E-state index contributed by atoms with van der Waals surface area (Å²) in [4.78, 5) is 29.2. The van der Waals surface area contributed by atoms with Gasteiger partial charge in [0.05, 0.1) is 10.9 Å². The molecule has 1 fully saturated rings. The van der Waals surface area contributed by atoms with E-state index in [0.717, 1.165) is 6.42 Å². The van der Waals surface area contributed by atoms with Crippen molar-refractivity contribution in [2.75, 3.05) is 31.5 Å². The molecule has 0 aliphatic carbocycles. The maximum Gasteiger partial charge on any atom is 0.253 e. The van der Waals surface area contributed by atoms with Crippen molar-refractivity contribution < 1.29 is 18.0 Å². The highest BCUT2D eigenvalue weighted by atomic mass is 35.5. The van der Waals surface area contributed by atoms with Crippen LogP contribution in [-0.2, 0) is 14.8 Å². The van der Waals surface area contributed by atoms with E-state index in [-0.39, 0.29) is 16.7 Å². The Hall–Kier alpha value is -2.46. The van der Waals surface area contributed by atoms with Crippen LogP contribution in [0.25, 0.3) is 0 Å². The van der Waals surface area contributed by atoms with E-state index in [1.807, 2.05) is 4.90 Å². The second kappa shape index (κ2) is 9.78. The van der Waals surface area contributed by atoms with Gasteiger partial charge in [0.1, 0.15) is 0 Å². The highest BCUT2D eigenvalue weighted by Crippen LogP contribution is 2.17. The van der Waals surface area contributed by atoms with Gasteiger partial charge in [0, 0.05) is 42.5 Å². The van der Waals surface area contributed by atoms with Crippen LogP contribution in [-0.4, -0.2) is 62.3 Å². The van der Waals surface area contributed by atoms with E-state index in [4.69, 9.17) is 16.7 Å². The number of carbonyl (C=O) groups is 2. The molecule has 1 aliphatic rings. The van der Waals surface area contributed by atoms with Gasteiger partial charge in [-0.1, -0.05) is 23.7 Å². The molecule has 0 radical (unpaired) electrons. The smallest absolute Gasteiger partial charge is 0.253 e. The van der Waals surface area contributed by atoms with Gasteiger partial charge in [0.2, 0.25) is 15.9 Å². The Kier molecular flexibility index (Phi) is 7.32. The minimum atomic E-state index is -3.85. The summed E-state index contributed by atoms with van der Waals surface area (Å²) < 4.78 is 23.0. The first kappa shape index (κ1) is 23.2. The van der Waals surface area contributed by atoms with Gasteiger partial charge in [-0.05, 0) is 49.7 Å². The number of hydrogen-bond acceptors (Lipinski definition) is 5. The molecule has 1 aliphatic heterocycles. The number of nitrogens with one attached hydrogen (secondary N) is 1. The topological polar surface area (TPSA) is 113 Å². The average molecular weight is 465 g/mol. The molecule has 10 heteroatoms. The quantitative estimate of drug-likeness (QED) is 0.704. The molecule has 31 heavy (non-hydrogen) atoms. The number of hydrogen-bond donors (Lipinski definition) is 2. The van der Waals surface area contributed by atoms with Crippen LogP contribution in [0.5, 0.6) is 0 Å². The summed E-state index contributed by atoms with van der Waals surface area (Å²) in [5.74, 6) is -0.345. The summed E-state index contributed by atoms with van der Waals surface area (Å²) in [6, 6.07) is 12.2. The van der Waals surface area contributed by atoms with Crippen molar-refractivity contribution in [2.45, 2.75) is 24.3 Å². The lowest BCUT2D eigenvalue weighted by Gasteiger charge is -2.27. The van der Waals surface area contributed by atoms with Crippen LogP contribution in [0.3, 0.4) is 0 Å². The van der Waals surface area contributed by atoms with Crippen LogP contribution in [0.1, 0.15) is 23.7 Å². The number of halogens is 1. The molecule has 3 N–H and O–H groups in total. The fourth-order valence-electron chi connectivity index (χ4n) is 3.50. The minimum absolute atomic E-state index is 0.0668. The van der Waals surface area contributed by atoms with Gasteiger partial charge in [0.25, 0.3) is 5.91 Å². The highest BCUT2D eigenvalue weighted by Gasteiger charge is 2.26. The van der Waals surface area contributed by atoms with Gasteiger partial charge in [0.15, 0.2) is 0 Å². The predicted octanol–water partition coefficient (Wildman–Crippen LogP) is 2.16. The molecule has 8 nitrogen and oxygen atoms in total. The molecule has 2 aromatic rings. The molecular formula is C21H25ClN4O4S. The summed E-state index contributed by atoms with van der Waals surface area (Å²) in [6.45, 7) is 4.06. The summed E-state index contributed by atoms with van der Waals surface area (Å²) in [6.07, 6.45) is 0.727. The molecule has 1 heterocycles. The number of nitrogens with two attached hydrogens (primary N) is 1. The van der Waals surface area contributed by atoms with Crippen molar-refractivity contribution in [3.05, 3.63) is 59.1 Å². The third-order valence-electron chi connectivity index (χ3n) is 5.25. The zero-order chi connectivity index (χ0) is 22.6. The van der Waals surface area contributed by atoms with Crippen molar-refractivity contribution in [3.63, 3.8) is 0 Å². The molecule has 3 rings (SSSR count).